The average molecular weight is 356 g/mol. The second-order valence-electron chi connectivity index (χ2n) is 5.58. The minimum atomic E-state index is -0.561. The molecule has 0 radical (unpaired) electrons. The first-order chi connectivity index (χ1) is 11.0. The maximum Gasteiger partial charge on any atom is 0.249 e. The summed E-state index contributed by atoms with van der Waals surface area (Å²) >= 11 is 7.82. The van der Waals surface area contributed by atoms with E-state index in [0.717, 1.165) is 5.75 Å². The third-order valence-electron chi connectivity index (χ3n) is 4.09. The van der Waals surface area contributed by atoms with E-state index in [1.54, 1.807) is 29.8 Å². The van der Waals surface area contributed by atoms with Crippen molar-refractivity contribution in [1.29, 1.82) is 0 Å². The number of anilines is 1. The highest BCUT2D eigenvalue weighted by atomic mass is 35.5. The van der Waals surface area contributed by atoms with Crippen LogP contribution in [0.3, 0.4) is 0 Å². The summed E-state index contributed by atoms with van der Waals surface area (Å²) in [6.07, 6.45) is 3.17. The molecule has 0 bridgehead atoms. The van der Waals surface area contributed by atoms with Gasteiger partial charge in [-0.15, -0.1) is 0 Å². The molecule has 0 aliphatic carbocycles. The molecule has 2 amide bonds. The fraction of sp³-hybridized carbons (Fsp3) is 0.500. The van der Waals surface area contributed by atoms with E-state index in [-0.39, 0.29) is 11.8 Å². The molecule has 2 N–H and O–H groups in total. The summed E-state index contributed by atoms with van der Waals surface area (Å²) in [4.78, 5) is 28.2. The summed E-state index contributed by atoms with van der Waals surface area (Å²) in [6.45, 7) is 0.547. The standard InChI is InChI=1S/C16H22ClN3O2S/c1-19(15(21)12(18)8-10-23-2)14-7-9-20(16(14)22)13-6-4-3-5-11(13)17/h3-6,12,14H,7-10,18H2,1-2H3/t12-,14+/m1/s1. The molecule has 1 saturated heterocycles. The highest BCUT2D eigenvalue weighted by molar-refractivity contribution is 7.98. The number of hydrogen-bond donors (Lipinski definition) is 1. The zero-order valence-electron chi connectivity index (χ0n) is 13.4. The van der Waals surface area contributed by atoms with Gasteiger partial charge in [-0.1, -0.05) is 23.7 Å². The highest BCUT2D eigenvalue weighted by Crippen LogP contribution is 2.30. The van der Waals surface area contributed by atoms with Gasteiger partial charge in [-0.3, -0.25) is 9.59 Å². The van der Waals surface area contributed by atoms with Crippen molar-refractivity contribution in [2.45, 2.75) is 24.9 Å². The topological polar surface area (TPSA) is 66.6 Å². The number of carbonyl (C=O) groups excluding carboxylic acids is 2. The van der Waals surface area contributed by atoms with E-state index in [1.807, 2.05) is 24.5 Å². The molecular formula is C16H22ClN3O2S. The van der Waals surface area contributed by atoms with Crippen LogP contribution in [0.5, 0.6) is 0 Å². The quantitative estimate of drug-likeness (QED) is 0.847. The zero-order valence-corrected chi connectivity index (χ0v) is 14.9. The van der Waals surface area contributed by atoms with Gasteiger partial charge in [0.25, 0.3) is 0 Å². The Balaban J connectivity index is 2.06. The lowest BCUT2D eigenvalue weighted by atomic mass is 10.1. The first kappa shape index (κ1) is 18.1. The number of thioether (sulfide) groups is 1. The molecule has 0 unspecified atom stereocenters. The molecule has 1 aromatic rings. The molecule has 2 rings (SSSR count). The Labute approximate surface area is 146 Å². The molecule has 5 nitrogen and oxygen atoms in total. The Morgan fingerprint density at radius 3 is 2.87 bits per heavy atom. The van der Waals surface area contributed by atoms with Crippen molar-refractivity contribution >= 4 is 40.9 Å². The first-order valence-corrected chi connectivity index (χ1v) is 9.31. The number of benzene rings is 1. The van der Waals surface area contributed by atoms with Crippen molar-refractivity contribution in [3.63, 3.8) is 0 Å². The number of amides is 2. The molecular weight excluding hydrogens is 334 g/mol. The van der Waals surface area contributed by atoms with E-state index in [9.17, 15) is 9.59 Å². The Bertz CT molecular complexity index is 584. The lowest BCUT2D eigenvalue weighted by molar-refractivity contribution is -0.137. The van der Waals surface area contributed by atoms with Gasteiger partial charge in [-0.05, 0) is 37.0 Å². The van der Waals surface area contributed by atoms with E-state index in [4.69, 9.17) is 17.3 Å². The third-order valence-corrected chi connectivity index (χ3v) is 5.05. The van der Waals surface area contributed by atoms with Gasteiger partial charge >= 0.3 is 0 Å². The van der Waals surface area contributed by atoms with Gasteiger partial charge in [-0.25, -0.2) is 0 Å². The van der Waals surface area contributed by atoms with Crippen molar-refractivity contribution < 1.29 is 9.59 Å². The van der Waals surface area contributed by atoms with Gasteiger partial charge in [0.1, 0.15) is 6.04 Å². The first-order valence-electron chi connectivity index (χ1n) is 7.54. The predicted molar refractivity (Wildman–Crippen MR) is 96.0 cm³/mol. The Kier molecular flexibility index (Phi) is 6.33. The number of nitrogens with zero attached hydrogens (tertiary/aromatic N) is 2. The molecule has 0 spiro atoms. The van der Waals surface area contributed by atoms with Gasteiger partial charge in [0.2, 0.25) is 11.8 Å². The van der Waals surface area contributed by atoms with Crippen molar-refractivity contribution in [2.24, 2.45) is 5.73 Å². The summed E-state index contributed by atoms with van der Waals surface area (Å²) in [5.74, 6) is 0.537. The molecule has 1 heterocycles. The summed E-state index contributed by atoms with van der Waals surface area (Å²) < 4.78 is 0. The van der Waals surface area contributed by atoms with Gasteiger partial charge in [0, 0.05) is 13.6 Å². The van der Waals surface area contributed by atoms with E-state index >= 15 is 0 Å². The molecule has 126 valence electrons. The fourth-order valence-electron chi connectivity index (χ4n) is 2.72. The van der Waals surface area contributed by atoms with Crippen LogP contribution in [0.2, 0.25) is 5.02 Å². The van der Waals surface area contributed by atoms with Crippen LogP contribution in [-0.2, 0) is 9.59 Å². The molecule has 23 heavy (non-hydrogen) atoms. The number of halogens is 1. The van der Waals surface area contributed by atoms with Gasteiger partial charge in [-0.2, -0.15) is 11.8 Å². The normalized spacial score (nSPS) is 19.0. The highest BCUT2D eigenvalue weighted by Gasteiger charge is 2.38. The SMILES string of the molecule is CSCC[C@@H](N)C(=O)N(C)[C@H]1CCN(c2ccccc2Cl)C1=O. The predicted octanol–water partition coefficient (Wildman–Crippen LogP) is 1.98. The minimum absolute atomic E-state index is 0.106. The monoisotopic (exact) mass is 355 g/mol. The van der Waals surface area contributed by atoms with Crippen LogP contribution < -0.4 is 10.6 Å². The lowest BCUT2D eigenvalue weighted by Gasteiger charge is -2.26. The van der Waals surface area contributed by atoms with Crippen molar-refractivity contribution in [3.8, 4) is 0 Å². The number of rotatable bonds is 6. The van der Waals surface area contributed by atoms with Crippen molar-refractivity contribution in [1.82, 2.24) is 4.90 Å². The summed E-state index contributed by atoms with van der Waals surface area (Å²) in [5, 5.41) is 0.534. The molecule has 1 aliphatic heterocycles. The zero-order chi connectivity index (χ0) is 17.0. The number of likely N-dealkylation sites (N-methyl/N-ethyl adjacent to an activating group) is 1. The second kappa shape index (κ2) is 8.04. The summed E-state index contributed by atoms with van der Waals surface area (Å²) in [6, 6.07) is 6.20. The molecule has 1 fully saturated rings. The summed E-state index contributed by atoms with van der Waals surface area (Å²) in [5.41, 5.74) is 6.63. The van der Waals surface area contributed by atoms with Crippen molar-refractivity contribution in [3.05, 3.63) is 29.3 Å². The second-order valence-corrected chi connectivity index (χ2v) is 6.98. The van der Waals surface area contributed by atoms with Crippen LogP contribution in [0.4, 0.5) is 5.69 Å². The number of carbonyl (C=O) groups is 2. The molecule has 1 aromatic carbocycles. The number of hydrogen-bond acceptors (Lipinski definition) is 4. The van der Waals surface area contributed by atoms with Crippen LogP contribution >= 0.6 is 23.4 Å². The number of para-hydroxylation sites is 1. The largest absolute Gasteiger partial charge is 0.332 e. The third kappa shape index (κ3) is 4.00. The average Bonchev–Trinajstić information content (AvgIpc) is 2.93. The van der Waals surface area contributed by atoms with Crippen LogP contribution in [0, 0.1) is 0 Å². The van der Waals surface area contributed by atoms with E-state index in [1.165, 1.54) is 4.90 Å². The maximum absolute atomic E-state index is 12.7. The molecule has 2 atom stereocenters. The Hall–Kier alpha value is -1.24. The minimum Gasteiger partial charge on any atom is -0.332 e. The van der Waals surface area contributed by atoms with Crippen LogP contribution in [0.1, 0.15) is 12.8 Å². The number of nitrogens with two attached hydrogens (primary N) is 1. The molecule has 7 heteroatoms. The fourth-order valence-corrected chi connectivity index (χ4v) is 3.44. The van der Waals surface area contributed by atoms with Gasteiger partial charge < -0.3 is 15.5 Å². The Morgan fingerprint density at radius 2 is 2.22 bits per heavy atom. The van der Waals surface area contributed by atoms with Gasteiger partial charge in [0.05, 0.1) is 16.8 Å². The maximum atomic E-state index is 12.7. The van der Waals surface area contributed by atoms with E-state index < -0.39 is 12.1 Å². The van der Waals surface area contributed by atoms with Crippen LogP contribution in [0.25, 0.3) is 0 Å². The molecule has 0 aromatic heterocycles. The van der Waals surface area contributed by atoms with Crippen molar-refractivity contribution in [2.75, 3.05) is 30.5 Å². The lowest BCUT2D eigenvalue weighted by Crippen LogP contribution is -2.49. The summed E-state index contributed by atoms with van der Waals surface area (Å²) in [7, 11) is 1.65. The molecule has 0 saturated carbocycles. The smallest absolute Gasteiger partial charge is 0.249 e. The van der Waals surface area contributed by atoms with Crippen LogP contribution in [0.15, 0.2) is 24.3 Å². The van der Waals surface area contributed by atoms with E-state index in [2.05, 4.69) is 0 Å². The van der Waals surface area contributed by atoms with Crippen LogP contribution in [-0.4, -0.2) is 54.4 Å². The van der Waals surface area contributed by atoms with Gasteiger partial charge in [0.15, 0.2) is 0 Å². The molecule has 1 aliphatic rings. The Morgan fingerprint density at radius 1 is 1.52 bits per heavy atom. The van der Waals surface area contributed by atoms with E-state index in [0.29, 0.717) is 30.1 Å².